The Morgan fingerprint density at radius 2 is 1.89 bits per heavy atom. The third kappa shape index (κ3) is 3.38. The van der Waals surface area contributed by atoms with Crippen molar-refractivity contribution in [3.8, 4) is 0 Å². The van der Waals surface area contributed by atoms with E-state index >= 15 is 0 Å². The fourth-order valence-electron chi connectivity index (χ4n) is 2.55. The third-order valence-corrected chi connectivity index (χ3v) is 3.14. The zero-order valence-corrected chi connectivity index (χ0v) is 12.1. The van der Waals surface area contributed by atoms with E-state index in [0.29, 0.717) is 6.42 Å². The van der Waals surface area contributed by atoms with Crippen LogP contribution in [0.2, 0.25) is 0 Å². The zero-order valence-electron chi connectivity index (χ0n) is 12.1. The standard InChI is InChI=1S/C13H23NO5/c1-12(2,3)19-11(16)14-7-6-8(15)10-9(7)17-13(4,5)18-10/h7-10,15H,6H2,1-5H3,(H,14,16)/t7-,8+,9+,10-/m1/s1. The van der Waals surface area contributed by atoms with Crippen LogP contribution >= 0.6 is 0 Å². The van der Waals surface area contributed by atoms with Crippen molar-refractivity contribution < 1.29 is 24.1 Å². The van der Waals surface area contributed by atoms with Crippen LogP contribution in [0.4, 0.5) is 4.79 Å². The normalized spacial score (nSPS) is 36.9. The molecule has 0 spiro atoms. The van der Waals surface area contributed by atoms with E-state index in [-0.39, 0.29) is 12.1 Å². The number of carbonyl (C=O) groups is 1. The van der Waals surface area contributed by atoms with Crippen molar-refractivity contribution >= 4 is 6.09 Å². The van der Waals surface area contributed by atoms with Gasteiger partial charge in [0, 0.05) is 0 Å². The molecule has 1 saturated carbocycles. The molecule has 0 unspecified atom stereocenters. The van der Waals surface area contributed by atoms with Crippen molar-refractivity contribution in [2.45, 2.75) is 76.8 Å². The number of amides is 1. The molecule has 0 bridgehead atoms. The molecule has 1 aliphatic carbocycles. The minimum Gasteiger partial charge on any atom is -0.444 e. The van der Waals surface area contributed by atoms with Gasteiger partial charge in [0.05, 0.1) is 12.1 Å². The van der Waals surface area contributed by atoms with Gasteiger partial charge in [-0.25, -0.2) is 4.79 Å². The van der Waals surface area contributed by atoms with Gasteiger partial charge in [-0.15, -0.1) is 0 Å². The predicted octanol–water partition coefficient (Wildman–Crippen LogP) is 1.16. The SMILES string of the molecule is CC(C)(C)OC(=O)N[C@@H]1C[C@H](O)[C@H]2OC(C)(C)O[C@H]21. The van der Waals surface area contributed by atoms with Gasteiger partial charge in [-0.1, -0.05) is 0 Å². The first-order valence-electron chi connectivity index (χ1n) is 6.61. The molecular weight excluding hydrogens is 250 g/mol. The monoisotopic (exact) mass is 273 g/mol. The van der Waals surface area contributed by atoms with Crippen molar-refractivity contribution in [2.75, 3.05) is 0 Å². The van der Waals surface area contributed by atoms with Gasteiger partial charge in [0.25, 0.3) is 0 Å². The number of nitrogens with one attached hydrogen (secondary N) is 1. The van der Waals surface area contributed by atoms with Crippen LogP contribution in [0.3, 0.4) is 0 Å². The summed E-state index contributed by atoms with van der Waals surface area (Å²) >= 11 is 0. The van der Waals surface area contributed by atoms with Crippen molar-refractivity contribution in [2.24, 2.45) is 0 Å². The van der Waals surface area contributed by atoms with Crippen LogP contribution in [-0.2, 0) is 14.2 Å². The zero-order chi connectivity index (χ0) is 14.4. The molecule has 1 amide bonds. The van der Waals surface area contributed by atoms with Crippen molar-refractivity contribution in [3.05, 3.63) is 0 Å². The smallest absolute Gasteiger partial charge is 0.407 e. The molecule has 2 rings (SSSR count). The summed E-state index contributed by atoms with van der Waals surface area (Å²) in [5.74, 6) is -0.732. The molecule has 0 aromatic carbocycles. The lowest BCUT2D eigenvalue weighted by atomic mass is 10.2. The van der Waals surface area contributed by atoms with Crippen molar-refractivity contribution in [3.63, 3.8) is 0 Å². The number of ether oxygens (including phenoxy) is 3. The molecule has 2 aliphatic rings. The maximum absolute atomic E-state index is 11.8. The van der Waals surface area contributed by atoms with E-state index in [0.717, 1.165) is 0 Å². The Balaban J connectivity index is 1.97. The number of aliphatic hydroxyl groups is 1. The van der Waals surface area contributed by atoms with E-state index in [1.165, 1.54) is 0 Å². The molecule has 6 nitrogen and oxygen atoms in total. The van der Waals surface area contributed by atoms with Gasteiger partial charge in [0.15, 0.2) is 5.79 Å². The summed E-state index contributed by atoms with van der Waals surface area (Å²) in [7, 11) is 0. The summed E-state index contributed by atoms with van der Waals surface area (Å²) in [6.07, 6.45) is -1.46. The first-order valence-corrected chi connectivity index (χ1v) is 6.61. The summed E-state index contributed by atoms with van der Waals surface area (Å²) in [6, 6.07) is -0.295. The fourth-order valence-corrected chi connectivity index (χ4v) is 2.55. The molecule has 1 saturated heterocycles. The number of hydrogen-bond acceptors (Lipinski definition) is 5. The molecule has 1 heterocycles. The Morgan fingerprint density at radius 3 is 2.47 bits per heavy atom. The van der Waals surface area contributed by atoms with E-state index in [9.17, 15) is 9.90 Å². The topological polar surface area (TPSA) is 77.0 Å². The summed E-state index contributed by atoms with van der Waals surface area (Å²) in [5.41, 5.74) is -0.549. The maximum Gasteiger partial charge on any atom is 0.407 e. The minimum absolute atomic E-state index is 0.295. The molecule has 2 fully saturated rings. The Labute approximate surface area is 113 Å². The fraction of sp³-hybridized carbons (Fsp3) is 0.923. The first-order chi connectivity index (χ1) is 8.57. The van der Waals surface area contributed by atoms with Crippen molar-refractivity contribution in [1.82, 2.24) is 5.32 Å². The number of rotatable bonds is 1. The van der Waals surface area contributed by atoms with Gasteiger partial charge in [0.2, 0.25) is 0 Å². The number of carbonyl (C=O) groups excluding carboxylic acids is 1. The summed E-state index contributed by atoms with van der Waals surface area (Å²) < 4.78 is 16.6. The van der Waals surface area contributed by atoms with Gasteiger partial charge < -0.3 is 24.6 Å². The lowest BCUT2D eigenvalue weighted by Crippen LogP contribution is -2.45. The molecule has 4 atom stereocenters. The van der Waals surface area contributed by atoms with E-state index in [2.05, 4.69) is 5.32 Å². The van der Waals surface area contributed by atoms with Crippen LogP contribution in [0, 0.1) is 0 Å². The second-order valence-corrected chi connectivity index (χ2v) is 6.62. The number of aliphatic hydroxyl groups excluding tert-OH is 1. The Bertz CT molecular complexity index is 363. The largest absolute Gasteiger partial charge is 0.444 e. The van der Waals surface area contributed by atoms with Crippen molar-refractivity contribution in [1.29, 1.82) is 0 Å². The number of hydrogen-bond donors (Lipinski definition) is 2. The van der Waals surface area contributed by atoms with Crippen LogP contribution < -0.4 is 5.32 Å². The average Bonchev–Trinajstić information content (AvgIpc) is 2.61. The van der Waals surface area contributed by atoms with Gasteiger partial charge in [-0.2, -0.15) is 0 Å². The quantitative estimate of drug-likeness (QED) is 0.750. The molecule has 6 heteroatoms. The molecule has 2 N–H and O–H groups in total. The minimum atomic E-state index is -0.732. The van der Waals surface area contributed by atoms with E-state index in [1.54, 1.807) is 34.6 Å². The van der Waals surface area contributed by atoms with Crippen LogP contribution in [0.1, 0.15) is 41.0 Å². The summed E-state index contributed by atoms with van der Waals surface area (Å²) in [5, 5.41) is 12.7. The molecule has 110 valence electrons. The Kier molecular flexibility index (Phi) is 3.53. The average molecular weight is 273 g/mol. The highest BCUT2D eigenvalue weighted by atomic mass is 16.8. The summed E-state index contributed by atoms with van der Waals surface area (Å²) in [4.78, 5) is 11.8. The van der Waals surface area contributed by atoms with Gasteiger partial charge >= 0.3 is 6.09 Å². The summed E-state index contributed by atoms with van der Waals surface area (Å²) in [6.45, 7) is 9.00. The first kappa shape index (κ1) is 14.6. The highest BCUT2D eigenvalue weighted by Gasteiger charge is 2.54. The van der Waals surface area contributed by atoms with Gasteiger partial charge in [0.1, 0.15) is 17.8 Å². The van der Waals surface area contributed by atoms with Crippen LogP contribution in [0.15, 0.2) is 0 Å². The van der Waals surface area contributed by atoms with Gasteiger partial charge in [-0.05, 0) is 41.0 Å². The van der Waals surface area contributed by atoms with Gasteiger partial charge in [-0.3, -0.25) is 0 Å². The van der Waals surface area contributed by atoms with Crippen LogP contribution in [-0.4, -0.2) is 46.9 Å². The lowest BCUT2D eigenvalue weighted by Gasteiger charge is -2.25. The second-order valence-electron chi connectivity index (χ2n) is 6.62. The van der Waals surface area contributed by atoms with E-state index < -0.39 is 29.7 Å². The Hall–Kier alpha value is -0.850. The van der Waals surface area contributed by atoms with Crippen LogP contribution in [0.5, 0.6) is 0 Å². The molecule has 0 radical (unpaired) electrons. The van der Waals surface area contributed by atoms with E-state index in [4.69, 9.17) is 14.2 Å². The third-order valence-electron chi connectivity index (χ3n) is 3.14. The molecule has 0 aromatic heterocycles. The molecule has 19 heavy (non-hydrogen) atoms. The Morgan fingerprint density at radius 1 is 1.32 bits per heavy atom. The second kappa shape index (κ2) is 4.61. The predicted molar refractivity (Wildman–Crippen MR) is 67.6 cm³/mol. The molecule has 1 aliphatic heterocycles. The van der Waals surface area contributed by atoms with Crippen LogP contribution in [0.25, 0.3) is 0 Å². The number of alkyl carbamates (subject to hydrolysis) is 1. The highest BCUT2D eigenvalue weighted by molar-refractivity contribution is 5.68. The van der Waals surface area contributed by atoms with E-state index in [1.807, 2.05) is 0 Å². The molecular formula is C13H23NO5. The molecule has 0 aromatic rings. The number of fused-ring (bicyclic) bond motifs is 1. The maximum atomic E-state index is 11.8. The lowest BCUT2D eigenvalue weighted by molar-refractivity contribution is -0.164. The highest BCUT2D eigenvalue weighted by Crippen LogP contribution is 2.38.